The minimum Gasteiger partial charge on any atom is -0.494 e. The number of nitrogens with one attached hydrogen (secondary N) is 1. The van der Waals surface area contributed by atoms with Crippen molar-refractivity contribution < 1.29 is 14.3 Å². The van der Waals surface area contributed by atoms with Gasteiger partial charge in [-0.3, -0.25) is 14.0 Å². The first-order valence-corrected chi connectivity index (χ1v) is 8.99. The fraction of sp³-hybridized carbons (Fsp3) is 0.300. The van der Waals surface area contributed by atoms with Crippen LogP contribution in [0.5, 0.6) is 5.75 Å². The molecule has 0 aliphatic heterocycles. The fourth-order valence-electron chi connectivity index (χ4n) is 2.61. The lowest BCUT2D eigenvalue weighted by molar-refractivity contribution is -0.121. The van der Waals surface area contributed by atoms with Crippen molar-refractivity contribution in [2.75, 3.05) is 6.61 Å². The van der Waals surface area contributed by atoms with Crippen LogP contribution in [-0.2, 0) is 11.3 Å². The Balaban J connectivity index is 1.46. The van der Waals surface area contributed by atoms with E-state index >= 15 is 0 Å². The number of carbonyl (C=O) groups is 2. The average molecular weight is 366 g/mol. The molecule has 0 unspecified atom stereocenters. The summed E-state index contributed by atoms with van der Waals surface area (Å²) in [7, 11) is 0. The molecular formula is C20H22N4O3. The third kappa shape index (κ3) is 4.91. The summed E-state index contributed by atoms with van der Waals surface area (Å²) in [4.78, 5) is 24.3. The fourth-order valence-corrected chi connectivity index (χ4v) is 2.61. The summed E-state index contributed by atoms with van der Waals surface area (Å²) in [5.41, 5.74) is 1.30. The number of amides is 1. The van der Waals surface area contributed by atoms with Crippen LogP contribution in [0.3, 0.4) is 0 Å². The van der Waals surface area contributed by atoms with Crippen molar-refractivity contribution in [1.29, 1.82) is 0 Å². The van der Waals surface area contributed by atoms with Crippen LogP contribution >= 0.6 is 0 Å². The zero-order valence-electron chi connectivity index (χ0n) is 15.2. The number of hydrogen-bond donors (Lipinski definition) is 1. The van der Waals surface area contributed by atoms with Gasteiger partial charge in [-0.25, -0.2) is 0 Å². The van der Waals surface area contributed by atoms with E-state index in [-0.39, 0.29) is 31.1 Å². The number of hydrogen-bond acceptors (Lipinski definition) is 5. The molecule has 0 atom stereocenters. The molecule has 1 N–H and O–H groups in total. The van der Waals surface area contributed by atoms with Crippen LogP contribution in [0.15, 0.2) is 48.7 Å². The number of Topliss-reactive ketones (excluding diaryl/α,β-unsaturated/α-hetero) is 1. The highest BCUT2D eigenvalue weighted by atomic mass is 16.5. The van der Waals surface area contributed by atoms with Gasteiger partial charge in [-0.2, -0.15) is 0 Å². The van der Waals surface area contributed by atoms with Crippen LogP contribution in [0.4, 0.5) is 0 Å². The summed E-state index contributed by atoms with van der Waals surface area (Å²) in [6, 6.07) is 12.6. The number of ketones is 1. The summed E-state index contributed by atoms with van der Waals surface area (Å²) in [5, 5.41) is 10.9. The maximum Gasteiger partial charge on any atom is 0.220 e. The Morgan fingerprint density at radius 1 is 1.07 bits per heavy atom. The molecule has 0 fully saturated rings. The molecule has 1 amide bonds. The van der Waals surface area contributed by atoms with E-state index in [9.17, 15) is 9.59 Å². The first-order chi connectivity index (χ1) is 13.2. The van der Waals surface area contributed by atoms with Gasteiger partial charge < -0.3 is 10.1 Å². The van der Waals surface area contributed by atoms with E-state index in [0.29, 0.717) is 18.0 Å². The molecule has 3 aromatic rings. The molecule has 0 aliphatic rings. The van der Waals surface area contributed by atoms with Crippen molar-refractivity contribution >= 4 is 17.3 Å². The molecule has 27 heavy (non-hydrogen) atoms. The number of nitrogens with zero attached hydrogens (tertiary/aromatic N) is 3. The number of carbonyl (C=O) groups excluding carboxylic acids is 2. The quantitative estimate of drug-likeness (QED) is 0.589. The van der Waals surface area contributed by atoms with Gasteiger partial charge in [0.1, 0.15) is 5.75 Å². The predicted molar refractivity (Wildman–Crippen MR) is 101 cm³/mol. The number of aromatic nitrogens is 3. The van der Waals surface area contributed by atoms with E-state index in [0.717, 1.165) is 17.8 Å². The number of benzene rings is 1. The van der Waals surface area contributed by atoms with E-state index in [4.69, 9.17) is 4.74 Å². The molecule has 0 aliphatic carbocycles. The van der Waals surface area contributed by atoms with E-state index in [1.807, 2.05) is 35.7 Å². The summed E-state index contributed by atoms with van der Waals surface area (Å²) >= 11 is 0. The number of rotatable bonds is 9. The number of fused-ring (bicyclic) bond motifs is 1. The van der Waals surface area contributed by atoms with Gasteiger partial charge in [0.25, 0.3) is 0 Å². The lowest BCUT2D eigenvalue weighted by atomic mass is 10.1. The molecule has 3 rings (SSSR count). The topological polar surface area (TPSA) is 85.6 Å². The highest BCUT2D eigenvalue weighted by molar-refractivity contribution is 5.98. The third-order valence-electron chi connectivity index (χ3n) is 4.06. The van der Waals surface area contributed by atoms with Crippen LogP contribution in [0.2, 0.25) is 0 Å². The van der Waals surface area contributed by atoms with Gasteiger partial charge in [0.05, 0.1) is 13.2 Å². The molecule has 140 valence electrons. The molecule has 0 saturated carbocycles. The average Bonchev–Trinajstić information content (AvgIpc) is 3.12. The number of ether oxygens (including phenoxy) is 1. The maximum atomic E-state index is 12.2. The van der Waals surface area contributed by atoms with Gasteiger partial charge in [-0.1, -0.05) is 13.0 Å². The highest BCUT2D eigenvalue weighted by Gasteiger charge is 2.11. The molecule has 7 heteroatoms. The molecule has 1 aromatic carbocycles. The van der Waals surface area contributed by atoms with Crippen molar-refractivity contribution in [3.05, 3.63) is 60.0 Å². The van der Waals surface area contributed by atoms with Gasteiger partial charge in [0.15, 0.2) is 17.3 Å². The first-order valence-electron chi connectivity index (χ1n) is 8.99. The summed E-state index contributed by atoms with van der Waals surface area (Å²) < 4.78 is 7.31. The van der Waals surface area contributed by atoms with E-state index in [2.05, 4.69) is 15.5 Å². The van der Waals surface area contributed by atoms with Crippen LogP contribution in [0.1, 0.15) is 42.4 Å². The Bertz CT molecular complexity index is 918. The number of pyridine rings is 1. The van der Waals surface area contributed by atoms with Gasteiger partial charge in [-0.05, 0) is 42.8 Å². The second-order valence-electron chi connectivity index (χ2n) is 6.12. The molecule has 2 aromatic heterocycles. The summed E-state index contributed by atoms with van der Waals surface area (Å²) in [5.74, 6) is 1.12. The molecule has 7 nitrogen and oxygen atoms in total. The minimum absolute atomic E-state index is 0.0693. The molecule has 0 saturated heterocycles. The van der Waals surface area contributed by atoms with Crippen molar-refractivity contribution in [3.8, 4) is 5.75 Å². The van der Waals surface area contributed by atoms with Crippen molar-refractivity contribution in [2.24, 2.45) is 0 Å². The van der Waals surface area contributed by atoms with E-state index < -0.39 is 0 Å². The Morgan fingerprint density at radius 3 is 2.67 bits per heavy atom. The lowest BCUT2D eigenvalue weighted by Crippen LogP contribution is -2.24. The Labute approximate surface area is 157 Å². The van der Waals surface area contributed by atoms with Gasteiger partial charge >= 0.3 is 0 Å². The second kappa shape index (κ2) is 8.93. The molecule has 2 heterocycles. The smallest absolute Gasteiger partial charge is 0.220 e. The van der Waals surface area contributed by atoms with E-state index in [1.54, 1.807) is 24.3 Å². The standard InChI is InChI=1S/C20H22N4O3/c1-2-13-27-16-8-6-15(7-9-16)17(25)10-11-20(26)21-14-19-23-22-18-5-3-4-12-24(18)19/h3-9,12H,2,10-11,13-14H2,1H3,(H,21,26). The van der Waals surface area contributed by atoms with Gasteiger partial charge in [-0.15, -0.1) is 10.2 Å². The van der Waals surface area contributed by atoms with Crippen LogP contribution in [0.25, 0.3) is 5.65 Å². The Hall–Kier alpha value is -3.22. The highest BCUT2D eigenvalue weighted by Crippen LogP contribution is 2.14. The van der Waals surface area contributed by atoms with Gasteiger partial charge in [0.2, 0.25) is 5.91 Å². The zero-order chi connectivity index (χ0) is 19.1. The molecule has 0 spiro atoms. The van der Waals surface area contributed by atoms with Crippen molar-refractivity contribution in [1.82, 2.24) is 19.9 Å². The lowest BCUT2D eigenvalue weighted by Gasteiger charge is -2.06. The minimum atomic E-state index is -0.195. The van der Waals surface area contributed by atoms with E-state index in [1.165, 1.54) is 0 Å². The zero-order valence-corrected chi connectivity index (χ0v) is 15.2. The van der Waals surface area contributed by atoms with Gasteiger partial charge in [0, 0.05) is 24.6 Å². The maximum absolute atomic E-state index is 12.2. The van der Waals surface area contributed by atoms with Crippen LogP contribution < -0.4 is 10.1 Å². The van der Waals surface area contributed by atoms with Crippen LogP contribution in [0, 0.1) is 0 Å². The molecule has 0 bridgehead atoms. The second-order valence-corrected chi connectivity index (χ2v) is 6.12. The van der Waals surface area contributed by atoms with Crippen molar-refractivity contribution in [2.45, 2.75) is 32.7 Å². The summed E-state index contributed by atoms with van der Waals surface area (Å²) in [6.45, 7) is 2.95. The monoisotopic (exact) mass is 366 g/mol. The largest absolute Gasteiger partial charge is 0.494 e. The first kappa shape index (κ1) is 18.6. The molecule has 0 radical (unpaired) electrons. The Kier molecular flexibility index (Phi) is 6.14. The van der Waals surface area contributed by atoms with Crippen LogP contribution in [-0.4, -0.2) is 32.9 Å². The normalized spacial score (nSPS) is 10.7. The third-order valence-corrected chi connectivity index (χ3v) is 4.06. The summed E-state index contributed by atoms with van der Waals surface area (Å²) in [6.07, 6.45) is 3.06. The Morgan fingerprint density at radius 2 is 1.89 bits per heavy atom. The molecular weight excluding hydrogens is 344 g/mol. The van der Waals surface area contributed by atoms with Crippen molar-refractivity contribution in [3.63, 3.8) is 0 Å². The predicted octanol–water partition coefficient (Wildman–Crippen LogP) is 2.80. The SMILES string of the molecule is CCCOc1ccc(C(=O)CCC(=O)NCc2nnc3ccccn23)cc1.